The summed E-state index contributed by atoms with van der Waals surface area (Å²) in [6, 6.07) is 1.16. The minimum atomic E-state index is -0.431. The lowest BCUT2D eigenvalue weighted by Crippen LogP contribution is -2.47. The van der Waals surface area contributed by atoms with Gasteiger partial charge in [-0.1, -0.05) is 23.2 Å². The van der Waals surface area contributed by atoms with Crippen LogP contribution >= 0.6 is 23.2 Å². The van der Waals surface area contributed by atoms with Crippen LogP contribution in [0.4, 0.5) is 11.6 Å². The summed E-state index contributed by atoms with van der Waals surface area (Å²) in [4.78, 5) is 18.4. The van der Waals surface area contributed by atoms with E-state index in [1.54, 1.807) is 24.9 Å². The van der Waals surface area contributed by atoms with Crippen LogP contribution < -0.4 is 10.6 Å². The van der Waals surface area contributed by atoms with Gasteiger partial charge in [-0.2, -0.15) is 0 Å². The molecule has 2 rings (SSSR count). The van der Waals surface area contributed by atoms with Crippen molar-refractivity contribution in [2.45, 2.75) is 13.0 Å². The number of amides is 1. The van der Waals surface area contributed by atoms with Gasteiger partial charge >= 0.3 is 0 Å². The van der Waals surface area contributed by atoms with Crippen LogP contribution in [0.25, 0.3) is 0 Å². The highest BCUT2D eigenvalue weighted by molar-refractivity contribution is 6.37. The molecule has 1 aliphatic heterocycles. The van der Waals surface area contributed by atoms with E-state index in [-0.39, 0.29) is 5.91 Å². The number of morpholine rings is 1. The molecule has 1 atom stereocenters. The van der Waals surface area contributed by atoms with E-state index in [2.05, 4.69) is 15.6 Å². The number of nitrogens with one attached hydrogen (secondary N) is 2. The first-order valence-electron chi connectivity index (χ1n) is 6.69. The predicted octanol–water partition coefficient (Wildman–Crippen LogP) is 2.09. The maximum Gasteiger partial charge on any atom is 0.244 e. The van der Waals surface area contributed by atoms with Crippen LogP contribution in [0.3, 0.4) is 0 Å². The van der Waals surface area contributed by atoms with Gasteiger partial charge in [0.05, 0.1) is 23.3 Å². The van der Waals surface area contributed by atoms with Crippen LogP contribution in [0.1, 0.15) is 6.92 Å². The number of pyridine rings is 1. The minimum absolute atomic E-state index is 0.00266. The van der Waals surface area contributed by atoms with Crippen molar-refractivity contribution >= 4 is 40.7 Å². The molecule has 2 heterocycles. The number of aromatic nitrogens is 1. The Bertz CT molecular complexity index is 521. The Morgan fingerprint density at radius 3 is 2.57 bits per heavy atom. The zero-order chi connectivity index (χ0) is 15.4. The molecule has 21 heavy (non-hydrogen) atoms. The van der Waals surface area contributed by atoms with Crippen LogP contribution in [0.5, 0.6) is 0 Å². The third-order valence-electron chi connectivity index (χ3n) is 3.21. The fraction of sp³-hybridized carbons (Fsp3) is 0.538. The molecule has 0 aliphatic carbocycles. The lowest BCUT2D eigenvalue weighted by Gasteiger charge is -2.29. The molecule has 0 bridgehead atoms. The lowest BCUT2D eigenvalue weighted by molar-refractivity contribution is -0.135. The Kier molecular flexibility index (Phi) is 5.50. The van der Waals surface area contributed by atoms with Crippen molar-refractivity contribution in [2.75, 3.05) is 44.0 Å². The smallest absolute Gasteiger partial charge is 0.244 e. The van der Waals surface area contributed by atoms with Gasteiger partial charge in [-0.25, -0.2) is 4.98 Å². The molecular formula is C13H18Cl2N4O2. The Morgan fingerprint density at radius 1 is 1.33 bits per heavy atom. The van der Waals surface area contributed by atoms with Gasteiger partial charge in [0.15, 0.2) is 0 Å². The Hall–Kier alpha value is -1.24. The fourth-order valence-electron chi connectivity index (χ4n) is 2.07. The summed E-state index contributed by atoms with van der Waals surface area (Å²) < 4.78 is 5.24. The van der Waals surface area contributed by atoms with E-state index in [9.17, 15) is 4.79 Å². The van der Waals surface area contributed by atoms with Crippen molar-refractivity contribution < 1.29 is 9.53 Å². The summed E-state index contributed by atoms with van der Waals surface area (Å²) in [6.45, 7) is 4.14. The monoisotopic (exact) mass is 332 g/mol. The van der Waals surface area contributed by atoms with E-state index < -0.39 is 6.04 Å². The van der Waals surface area contributed by atoms with Crippen molar-refractivity contribution in [3.63, 3.8) is 0 Å². The molecule has 2 N–H and O–H groups in total. The van der Waals surface area contributed by atoms with E-state index in [1.807, 2.05) is 0 Å². The molecule has 1 aliphatic rings. The fourth-order valence-corrected chi connectivity index (χ4v) is 2.58. The SMILES string of the molecule is CNc1nc(NC(C)C(=O)N2CCOCC2)c(Cl)cc1Cl. The van der Waals surface area contributed by atoms with E-state index in [0.29, 0.717) is 48.0 Å². The Balaban J connectivity index is 2.08. The number of hydrogen-bond acceptors (Lipinski definition) is 5. The number of carbonyl (C=O) groups is 1. The number of nitrogens with zero attached hydrogens (tertiary/aromatic N) is 2. The first-order chi connectivity index (χ1) is 10.0. The molecule has 1 amide bonds. The van der Waals surface area contributed by atoms with Gasteiger partial charge in [0.1, 0.15) is 17.7 Å². The normalized spacial score (nSPS) is 16.5. The van der Waals surface area contributed by atoms with E-state index in [4.69, 9.17) is 27.9 Å². The van der Waals surface area contributed by atoms with Crippen molar-refractivity contribution in [1.29, 1.82) is 0 Å². The van der Waals surface area contributed by atoms with Gasteiger partial charge in [-0.15, -0.1) is 0 Å². The van der Waals surface area contributed by atoms with Gasteiger partial charge in [0.25, 0.3) is 0 Å². The highest BCUT2D eigenvalue weighted by Gasteiger charge is 2.23. The summed E-state index contributed by atoms with van der Waals surface area (Å²) in [7, 11) is 1.72. The van der Waals surface area contributed by atoms with Crippen molar-refractivity contribution in [2.24, 2.45) is 0 Å². The maximum atomic E-state index is 12.3. The first-order valence-corrected chi connectivity index (χ1v) is 7.45. The van der Waals surface area contributed by atoms with Crippen LogP contribution in [-0.4, -0.2) is 55.2 Å². The summed E-state index contributed by atoms with van der Waals surface area (Å²) in [5.41, 5.74) is 0. The lowest BCUT2D eigenvalue weighted by atomic mass is 10.2. The Labute approximate surface area is 133 Å². The third-order valence-corrected chi connectivity index (χ3v) is 3.79. The topological polar surface area (TPSA) is 66.5 Å². The highest BCUT2D eigenvalue weighted by Crippen LogP contribution is 2.29. The van der Waals surface area contributed by atoms with E-state index in [1.165, 1.54) is 0 Å². The predicted molar refractivity (Wildman–Crippen MR) is 84.3 cm³/mol. The van der Waals surface area contributed by atoms with Crippen LogP contribution in [0.15, 0.2) is 6.07 Å². The van der Waals surface area contributed by atoms with E-state index in [0.717, 1.165) is 0 Å². The number of rotatable bonds is 4. The number of ether oxygens (including phenoxy) is 1. The van der Waals surface area contributed by atoms with Gasteiger partial charge in [-0.3, -0.25) is 4.79 Å². The first kappa shape index (κ1) is 16.1. The van der Waals surface area contributed by atoms with Crippen molar-refractivity contribution in [3.05, 3.63) is 16.1 Å². The summed E-state index contributed by atoms with van der Waals surface area (Å²) in [5, 5.41) is 6.72. The molecule has 0 saturated carbocycles. The maximum absolute atomic E-state index is 12.3. The van der Waals surface area contributed by atoms with Crippen LogP contribution in [-0.2, 0) is 9.53 Å². The second-order valence-corrected chi connectivity index (χ2v) is 5.52. The Morgan fingerprint density at radius 2 is 1.95 bits per heavy atom. The highest BCUT2D eigenvalue weighted by atomic mass is 35.5. The zero-order valence-corrected chi connectivity index (χ0v) is 13.5. The number of carbonyl (C=O) groups excluding carboxylic acids is 1. The molecule has 1 saturated heterocycles. The van der Waals surface area contributed by atoms with Gasteiger partial charge in [0.2, 0.25) is 5.91 Å². The van der Waals surface area contributed by atoms with Gasteiger partial charge in [0, 0.05) is 20.1 Å². The van der Waals surface area contributed by atoms with Gasteiger partial charge < -0.3 is 20.3 Å². The molecule has 116 valence electrons. The molecular weight excluding hydrogens is 315 g/mol. The molecule has 6 nitrogen and oxygen atoms in total. The molecule has 1 unspecified atom stereocenters. The average molecular weight is 333 g/mol. The molecule has 1 aromatic rings. The molecule has 0 aromatic carbocycles. The molecule has 1 fully saturated rings. The average Bonchev–Trinajstić information content (AvgIpc) is 2.50. The molecule has 1 aromatic heterocycles. The second kappa shape index (κ2) is 7.15. The summed E-state index contributed by atoms with van der Waals surface area (Å²) in [6.07, 6.45) is 0. The zero-order valence-electron chi connectivity index (χ0n) is 11.9. The summed E-state index contributed by atoms with van der Waals surface area (Å²) >= 11 is 12.1. The summed E-state index contributed by atoms with van der Waals surface area (Å²) in [5.74, 6) is 0.936. The van der Waals surface area contributed by atoms with Crippen molar-refractivity contribution in [1.82, 2.24) is 9.88 Å². The molecule has 0 radical (unpaired) electrons. The molecule has 0 spiro atoms. The number of halogens is 2. The van der Waals surface area contributed by atoms with Crippen LogP contribution in [0.2, 0.25) is 10.0 Å². The van der Waals surface area contributed by atoms with Crippen molar-refractivity contribution in [3.8, 4) is 0 Å². The van der Waals surface area contributed by atoms with Gasteiger partial charge in [-0.05, 0) is 13.0 Å². The second-order valence-electron chi connectivity index (χ2n) is 4.70. The standard InChI is InChI=1S/C13H18Cl2N4O2/c1-8(13(20)19-3-5-21-6-4-19)17-12-10(15)7-9(14)11(16-2)18-12/h7-8H,3-6H2,1-2H3,(H2,16,17,18). The van der Waals surface area contributed by atoms with Crippen LogP contribution in [0, 0.1) is 0 Å². The quantitative estimate of drug-likeness (QED) is 0.883. The largest absolute Gasteiger partial charge is 0.378 e. The minimum Gasteiger partial charge on any atom is -0.378 e. The number of hydrogen-bond donors (Lipinski definition) is 2. The van der Waals surface area contributed by atoms with E-state index >= 15 is 0 Å². The third kappa shape index (κ3) is 3.90. The number of anilines is 2. The molecule has 8 heteroatoms.